The number of ether oxygens (including phenoxy) is 1. The highest BCUT2D eigenvalue weighted by Crippen LogP contribution is 2.22. The van der Waals surface area contributed by atoms with Crippen molar-refractivity contribution in [3.8, 4) is 5.75 Å². The van der Waals surface area contributed by atoms with Crippen LogP contribution < -0.4 is 15.8 Å². The Morgan fingerprint density at radius 1 is 1.40 bits per heavy atom. The molecule has 0 bridgehead atoms. The molecule has 20 heavy (non-hydrogen) atoms. The maximum atomic E-state index is 12.1. The summed E-state index contributed by atoms with van der Waals surface area (Å²) in [6.07, 6.45) is 0. The number of benzene rings is 1. The fourth-order valence-electron chi connectivity index (χ4n) is 1.52. The summed E-state index contributed by atoms with van der Waals surface area (Å²) in [4.78, 5) is 27.3. The van der Waals surface area contributed by atoms with E-state index in [0.29, 0.717) is 27.8 Å². The van der Waals surface area contributed by atoms with Gasteiger partial charge in [-0.25, -0.2) is 4.98 Å². The highest BCUT2D eigenvalue weighted by Gasteiger charge is 2.14. The number of carbonyl (C=O) groups is 2. The monoisotopic (exact) mass is 291 g/mol. The van der Waals surface area contributed by atoms with Crippen molar-refractivity contribution in [3.63, 3.8) is 0 Å². The number of nitrogen functional groups attached to an aromatic ring is 1. The summed E-state index contributed by atoms with van der Waals surface area (Å²) in [6.45, 7) is 1.42. The molecule has 7 heteroatoms. The number of carbonyl (C=O) groups excluding carboxylic acids is 2. The van der Waals surface area contributed by atoms with Gasteiger partial charge in [-0.1, -0.05) is 0 Å². The molecule has 0 aliphatic carbocycles. The number of Topliss-reactive ketones (excluding diaryl/α,β-unsaturated/α-hetero) is 1. The van der Waals surface area contributed by atoms with Crippen molar-refractivity contribution in [2.24, 2.45) is 0 Å². The van der Waals surface area contributed by atoms with E-state index in [9.17, 15) is 9.59 Å². The number of amides is 1. The summed E-state index contributed by atoms with van der Waals surface area (Å²) in [5.74, 6) is -0.0126. The minimum atomic E-state index is -0.397. The second-order valence-corrected chi connectivity index (χ2v) is 4.86. The van der Waals surface area contributed by atoms with Gasteiger partial charge in [0.1, 0.15) is 11.4 Å². The number of nitrogens with one attached hydrogen (secondary N) is 1. The lowest BCUT2D eigenvalue weighted by Crippen LogP contribution is -2.14. The third-order valence-electron chi connectivity index (χ3n) is 2.59. The van der Waals surface area contributed by atoms with E-state index in [2.05, 4.69) is 10.3 Å². The standard InChI is InChI=1S/C13H13N3O3S/c1-7(17)11-6-20-13(15-11)16-12(18)9-5-8(19-2)3-4-10(9)14/h3-6H,14H2,1-2H3,(H,15,16,18). The van der Waals surface area contributed by atoms with Crippen LogP contribution in [0.3, 0.4) is 0 Å². The van der Waals surface area contributed by atoms with Crippen LogP contribution in [0.2, 0.25) is 0 Å². The number of aromatic nitrogens is 1. The summed E-state index contributed by atoms with van der Waals surface area (Å²) >= 11 is 1.18. The molecule has 3 N–H and O–H groups in total. The molecule has 0 aliphatic heterocycles. The van der Waals surface area contributed by atoms with Crippen molar-refractivity contribution >= 4 is 33.8 Å². The van der Waals surface area contributed by atoms with Crippen LogP contribution in [0, 0.1) is 0 Å². The molecule has 0 atom stereocenters. The van der Waals surface area contributed by atoms with Crippen molar-refractivity contribution in [1.29, 1.82) is 0 Å². The van der Waals surface area contributed by atoms with Crippen LogP contribution >= 0.6 is 11.3 Å². The molecule has 0 unspecified atom stereocenters. The molecule has 0 spiro atoms. The highest BCUT2D eigenvalue weighted by molar-refractivity contribution is 7.14. The second kappa shape index (κ2) is 5.70. The maximum Gasteiger partial charge on any atom is 0.259 e. The topological polar surface area (TPSA) is 94.3 Å². The Labute approximate surface area is 119 Å². The molecule has 0 aliphatic rings. The van der Waals surface area contributed by atoms with E-state index in [1.807, 2.05) is 0 Å². The van der Waals surface area contributed by atoms with Crippen molar-refractivity contribution in [2.75, 3.05) is 18.2 Å². The molecular weight excluding hydrogens is 278 g/mol. The van der Waals surface area contributed by atoms with E-state index in [1.54, 1.807) is 23.6 Å². The van der Waals surface area contributed by atoms with Crippen molar-refractivity contribution in [1.82, 2.24) is 4.98 Å². The molecule has 1 aromatic carbocycles. The number of hydrogen-bond donors (Lipinski definition) is 2. The zero-order chi connectivity index (χ0) is 14.7. The Bertz CT molecular complexity index is 667. The zero-order valence-electron chi connectivity index (χ0n) is 11.0. The lowest BCUT2D eigenvalue weighted by molar-refractivity contribution is 0.100. The van der Waals surface area contributed by atoms with E-state index >= 15 is 0 Å². The minimum absolute atomic E-state index is 0.150. The Kier molecular flexibility index (Phi) is 3.99. The van der Waals surface area contributed by atoms with Gasteiger partial charge in [0.05, 0.1) is 12.7 Å². The molecule has 0 saturated carbocycles. The molecule has 2 aromatic rings. The first-order valence-corrected chi connectivity index (χ1v) is 6.60. The average Bonchev–Trinajstić information content (AvgIpc) is 2.88. The predicted molar refractivity (Wildman–Crippen MR) is 77.5 cm³/mol. The predicted octanol–water partition coefficient (Wildman–Crippen LogP) is 2.19. The van der Waals surface area contributed by atoms with Gasteiger partial charge in [-0.2, -0.15) is 0 Å². The molecule has 104 valence electrons. The number of hydrogen-bond acceptors (Lipinski definition) is 6. The molecule has 2 rings (SSSR count). The average molecular weight is 291 g/mol. The Morgan fingerprint density at radius 3 is 2.75 bits per heavy atom. The van der Waals surface area contributed by atoms with Crippen LogP contribution in [0.15, 0.2) is 23.6 Å². The second-order valence-electron chi connectivity index (χ2n) is 4.00. The van der Waals surface area contributed by atoms with Gasteiger partial charge in [-0.15, -0.1) is 11.3 Å². The van der Waals surface area contributed by atoms with E-state index in [0.717, 1.165) is 0 Å². The zero-order valence-corrected chi connectivity index (χ0v) is 11.8. The molecule has 0 saturated heterocycles. The molecule has 0 radical (unpaired) electrons. The summed E-state index contributed by atoms with van der Waals surface area (Å²) < 4.78 is 5.05. The van der Waals surface area contributed by atoms with Gasteiger partial charge < -0.3 is 10.5 Å². The van der Waals surface area contributed by atoms with Gasteiger partial charge in [-0.05, 0) is 18.2 Å². The third kappa shape index (κ3) is 2.94. The van der Waals surface area contributed by atoms with E-state index < -0.39 is 5.91 Å². The van der Waals surface area contributed by atoms with Gasteiger partial charge in [0.2, 0.25) is 0 Å². The van der Waals surface area contributed by atoms with Gasteiger partial charge in [0.25, 0.3) is 5.91 Å². The lowest BCUT2D eigenvalue weighted by Gasteiger charge is -2.07. The van der Waals surface area contributed by atoms with Crippen molar-refractivity contribution < 1.29 is 14.3 Å². The highest BCUT2D eigenvalue weighted by atomic mass is 32.1. The number of rotatable bonds is 4. The fraction of sp³-hybridized carbons (Fsp3) is 0.154. The van der Waals surface area contributed by atoms with Gasteiger partial charge in [-0.3, -0.25) is 14.9 Å². The SMILES string of the molecule is COc1ccc(N)c(C(=O)Nc2nc(C(C)=O)cs2)c1. The Balaban J connectivity index is 2.21. The first-order valence-electron chi connectivity index (χ1n) is 5.72. The number of ketones is 1. The normalized spacial score (nSPS) is 10.1. The number of nitrogens with two attached hydrogens (primary N) is 1. The van der Waals surface area contributed by atoms with Crippen LogP contribution in [0.25, 0.3) is 0 Å². The van der Waals surface area contributed by atoms with Crippen LogP contribution in [0.1, 0.15) is 27.8 Å². The quantitative estimate of drug-likeness (QED) is 0.665. The number of thiazole rings is 1. The van der Waals surface area contributed by atoms with Crippen molar-refractivity contribution in [2.45, 2.75) is 6.92 Å². The molecule has 0 fully saturated rings. The van der Waals surface area contributed by atoms with E-state index in [1.165, 1.54) is 25.4 Å². The van der Waals surface area contributed by atoms with Crippen molar-refractivity contribution in [3.05, 3.63) is 34.8 Å². The van der Waals surface area contributed by atoms with E-state index in [-0.39, 0.29) is 5.78 Å². The van der Waals surface area contributed by atoms with Crippen LogP contribution in [0.5, 0.6) is 5.75 Å². The fourth-order valence-corrected chi connectivity index (χ4v) is 2.26. The largest absolute Gasteiger partial charge is 0.497 e. The summed E-state index contributed by atoms with van der Waals surface area (Å²) in [7, 11) is 1.51. The van der Waals surface area contributed by atoms with Gasteiger partial charge >= 0.3 is 0 Å². The molecule has 1 amide bonds. The van der Waals surface area contributed by atoms with Crippen LogP contribution in [0.4, 0.5) is 10.8 Å². The molecule has 6 nitrogen and oxygen atoms in total. The van der Waals surface area contributed by atoms with Crippen LogP contribution in [-0.4, -0.2) is 23.8 Å². The molecule has 1 aromatic heterocycles. The summed E-state index contributed by atoms with van der Waals surface area (Å²) in [6, 6.07) is 4.81. The van der Waals surface area contributed by atoms with Gasteiger partial charge in [0, 0.05) is 18.0 Å². The summed E-state index contributed by atoms with van der Waals surface area (Å²) in [5, 5.41) is 4.55. The summed E-state index contributed by atoms with van der Waals surface area (Å²) in [5.41, 5.74) is 6.72. The molecule has 1 heterocycles. The van der Waals surface area contributed by atoms with Gasteiger partial charge in [0.15, 0.2) is 10.9 Å². The number of methoxy groups -OCH3 is 1. The Hall–Kier alpha value is -2.41. The molecular formula is C13H13N3O3S. The van der Waals surface area contributed by atoms with E-state index in [4.69, 9.17) is 10.5 Å². The Morgan fingerprint density at radius 2 is 2.15 bits per heavy atom. The minimum Gasteiger partial charge on any atom is -0.497 e. The smallest absolute Gasteiger partial charge is 0.259 e. The number of nitrogens with zero attached hydrogens (tertiary/aromatic N) is 1. The first-order chi connectivity index (χ1) is 9.51. The number of anilines is 2. The van der Waals surface area contributed by atoms with Crippen LogP contribution in [-0.2, 0) is 0 Å². The maximum absolute atomic E-state index is 12.1. The third-order valence-corrected chi connectivity index (χ3v) is 3.35. The first kappa shape index (κ1) is 14.0. The lowest BCUT2D eigenvalue weighted by atomic mass is 10.1.